The van der Waals surface area contributed by atoms with Crippen LogP contribution in [-0.4, -0.2) is 59.0 Å². The fraction of sp³-hybridized carbons (Fsp3) is 0.526. The van der Waals surface area contributed by atoms with Gasteiger partial charge in [-0.15, -0.1) is 0 Å². The third kappa shape index (κ3) is 3.47. The lowest BCUT2D eigenvalue weighted by atomic mass is 10.0. The molecule has 8 nitrogen and oxygen atoms in total. The van der Waals surface area contributed by atoms with E-state index in [1.807, 2.05) is 12.1 Å². The van der Waals surface area contributed by atoms with Gasteiger partial charge in [-0.25, -0.2) is 0 Å². The molecule has 27 heavy (non-hydrogen) atoms. The van der Waals surface area contributed by atoms with Gasteiger partial charge in [0, 0.05) is 38.2 Å². The highest BCUT2D eigenvalue weighted by Crippen LogP contribution is 2.29. The van der Waals surface area contributed by atoms with Gasteiger partial charge in [0.2, 0.25) is 11.8 Å². The number of rotatable bonds is 5. The van der Waals surface area contributed by atoms with E-state index in [1.165, 1.54) is 0 Å². The molecule has 1 aromatic carbocycles. The van der Waals surface area contributed by atoms with Crippen LogP contribution in [0.25, 0.3) is 0 Å². The van der Waals surface area contributed by atoms with Crippen LogP contribution in [0.1, 0.15) is 40.7 Å². The van der Waals surface area contributed by atoms with Crippen molar-refractivity contribution in [3.05, 3.63) is 34.9 Å². The van der Waals surface area contributed by atoms with E-state index in [4.69, 9.17) is 0 Å². The molecule has 4 rings (SSSR count). The SMILES string of the molecule is O=C1CCC(N2Cc3c(CNCC4(O)CCNC4)cccc3C2=O)C(=O)N1. The van der Waals surface area contributed by atoms with Gasteiger partial charge in [-0.1, -0.05) is 12.1 Å². The molecule has 0 spiro atoms. The molecule has 2 atom stereocenters. The van der Waals surface area contributed by atoms with Crippen LogP contribution in [-0.2, 0) is 22.7 Å². The zero-order valence-electron chi connectivity index (χ0n) is 15.1. The van der Waals surface area contributed by atoms with Gasteiger partial charge in [-0.3, -0.25) is 19.7 Å². The average Bonchev–Trinajstić information content (AvgIpc) is 3.20. The van der Waals surface area contributed by atoms with Crippen LogP contribution in [0.3, 0.4) is 0 Å². The van der Waals surface area contributed by atoms with Crippen molar-refractivity contribution in [2.75, 3.05) is 19.6 Å². The summed E-state index contributed by atoms with van der Waals surface area (Å²) in [6.45, 7) is 2.78. The van der Waals surface area contributed by atoms with Gasteiger partial charge < -0.3 is 20.6 Å². The van der Waals surface area contributed by atoms with Gasteiger partial charge >= 0.3 is 0 Å². The van der Waals surface area contributed by atoms with E-state index in [9.17, 15) is 19.5 Å². The van der Waals surface area contributed by atoms with Crippen LogP contribution in [0.5, 0.6) is 0 Å². The third-order valence-electron chi connectivity index (χ3n) is 5.67. The molecule has 2 fully saturated rings. The Morgan fingerprint density at radius 2 is 2.15 bits per heavy atom. The lowest BCUT2D eigenvalue weighted by Gasteiger charge is -2.29. The van der Waals surface area contributed by atoms with Crippen LogP contribution in [0, 0.1) is 0 Å². The molecule has 0 saturated carbocycles. The second kappa shape index (κ2) is 7.03. The Morgan fingerprint density at radius 3 is 2.89 bits per heavy atom. The van der Waals surface area contributed by atoms with Gasteiger partial charge in [0.1, 0.15) is 6.04 Å². The molecule has 3 aliphatic heterocycles. The van der Waals surface area contributed by atoms with Gasteiger partial charge in [0.05, 0.1) is 5.60 Å². The Hall–Kier alpha value is -2.29. The first-order chi connectivity index (χ1) is 13.0. The summed E-state index contributed by atoms with van der Waals surface area (Å²) in [6, 6.07) is 4.98. The molecule has 1 aromatic rings. The van der Waals surface area contributed by atoms with Crippen molar-refractivity contribution in [2.45, 2.75) is 44.0 Å². The third-order valence-corrected chi connectivity index (χ3v) is 5.67. The minimum Gasteiger partial charge on any atom is -0.387 e. The molecule has 3 aliphatic rings. The number of nitrogens with one attached hydrogen (secondary N) is 3. The normalized spacial score (nSPS) is 27.8. The van der Waals surface area contributed by atoms with E-state index in [1.54, 1.807) is 11.0 Å². The number of hydrogen-bond acceptors (Lipinski definition) is 6. The number of benzene rings is 1. The van der Waals surface area contributed by atoms with E-state index in [0.717, 1.165) is 17.7 Å². The smallest absolute Gasteiger partial charge is 0.255 e. The monoisotopic (exact) mass is 372 g/mol. The van der Waals surface area contributed by atoms with Crippen LogP contribution < -0.4 is 16.0 Å². The number of imide groups is 1. The van der Waals surface area contributed by atoms with Crippen molar-refractivity contribution in [2.24, 2.45) is 0 Å². The van der Waals surface area contributed by atoms with Crippen LogP contribution in [0.15, 0.2) is 18.2 Å². The summed E-state index contributed by atoms with van der Waals surface area (Å²) < 4.78 is 0. The van der Waals surface area contributed by atoms with Crippen LogP contribution in [0.4, 0.5) is 0 Å². The largest absolute Gasteiger partial charge is 0.387 e. The van der Waals surface area contributed by atoms with Crippen molar-refractivity contribution >= 4 is 17.7 Å². The molecule has 144 valence electrons. The van der Waals surface area contributed by atoms with Gasteiger partial charge in [0.15, 0.2) is 0 Å². The van der Waals surface area contributed by atoms with E-state index in [-0.39, 0.29) is 18.2 Å². The standard InChI is InChI=1S/C19H24N4O4/c24-16-5-4-15(17(25)22-16)23-9-14-12(2-1-3-13(14)18(23)26)8-21-11-19(27)6-7-20-10-19/h1-3,15,20-21,27H,4-11H2,(H,22,24,25). The Labute approximate surface area is 157 Å². The molecule has 0 bridgehead atoms. The highest BCUT2D eigenvalue weighted by atomic mass is 16.3. The summed E-state index contributed by atoms with van der Waals surface area (Å²) in [6.07, 6.45) is 1.32. The molecular formula is C19H24N4O4. The molecule has 2 saturated heterocycles. The first-order valence-electron chi connectivity index (χ1n) is 9.36. The van der Waals surface area contributed by atoms with Crippen molar-refractivity contribution in [1.82, 2.24) is 20.9 Å². The number of β-amino-alcohol motifs (C(OH)–C–C–N with tert-alkyl or cyclic N) is 1. The van der Waals surface area contributed by atoms with Crippen molar-refractivity contribution in [3.63, 3.8) is 0 Å². The second-order valence-corrected chi connectivity index (χ2v) is 7.60. The summed E-state index contributed by atoms with van der Waals surface area (Å²) >= 11 is 0. The number of hydrogen-bond donors (Lipinski definition) is 4. The van der Waals surface area contributed by atoms with E-state index >= 15 is 0 Å². The lowest BCUT2D eigenvalue weighted by molar-refractivity contribution is -0.136. The number of carbonyl (C=O) groups excluding carboxylic acids is 3. The molecule has 3 amide bonds. The minimum absolute atomic E-state index is 0.167. The van der Waals surface area contributed by atoms with Crippen molar-refractivity contribution in [3.8, 4) is 0 Å². The van der Waals surface area contributed by atoms with Crippen LogP contribution in [0.2, 0.25) is 0 Å². The van der Waals surface area contributed by atoms with Crippen LogP contribution >= 0.6 is 0 Å². The molecule has 0 aliphatic carbocycles. The second-order valence-electron chi connectivity index (χ2n) is 7.60. The lowest BCUT2D eigenvalue weighted by Crippen LogP contribution is -2.52. The maximum Gasteiger partial charge on any atom is 0.255 e. The molecule has 4 N–H and O–H groups in total. The predicted molar refractivity (Wildman–Crippen MR) is 96.6 cm³/mol. The maximum absolute atomic E-state index is 12.8. The molecule has 8 heteroatoms. The number of amides is 3. The molecule has 0 aromatic heterocycles. The highest BCUT2D eigenvalue weighted by Gasteiger charge is 2.39. The van der Waals surface area contributed by atoms with E-state index in [2.05, 4.69) is 16.0 Å². The highest BCUT2D eigenvalue weighted by molar-refractivity contribution is 6.05. The van der Waals surface area contributed by atoms with Crippen molar-refractivity contribution < 1.29 is 19.5 Å². The van der Waals surface area contributed by atoms with Crippen molar-refractivity contribution in [1.29, 1.82) is 0 Å². The Balaban J connectivity index is 1.46. The number of nitrogens with zero attached hydrogens (tertiary/aromatic N) is 1. The Morgan fingerprint density at radius 1 is 1.30 bits per heavy atom. The quantitative estimate of drug-likeness (QED) is 0.507. The molecule has 3 heterocycles. The Kier molecular flexibility index (Phi) is 4.71. The van der Waals surface area contributed by atoms with Gasteiger partial charge in [-0.05, 0) is 36.6 Å². The zero-order chi connectivity index (χ0) is 19.0. The fourth-order valence-corrected chi connectivity index (χ4v) is 4.13. The summed E-state index contributed by atoms with van der Waals surface area (Å²) in [7, 11) is 0. The number of fused-ring (bicyclic) bond motifs is 1. The number of piperidine rings is 1. The number of aliphatic hydroxyl groups is 1. The van der Waals surface area contributed by atoms with E-state index in [0.29, 0.717) is 44.6 Å². The summed E-state index contributed by atoms with van der Waals surface area (Å²) in [5.41, 5.74) is 1.79. The first kappa shape index (κ1) is 18.1. The summed E-state index contributed by atoms with van der Waals surface area (Å²) in [4.78, 5) is 37.9. The maximum atomic E-state index is 12.8. The van der Waals surface area contributed by atoms with Gasteiger partial charge in [0.25, 0.3) is 5.91 Å². The summed E-state index contributed by atoms with van der Waals surface area (Å²) in [5, 5.41) is 19.2. The Bertz CT molecular complexity index is 788. The predicted octanol–water partition coefficient (Wildman–Crippen LogP) is -0.738. The first-order valence-corrected chi connectivity index (χ1v) is 9.36. The zero-order valence-corrected chi connectivity index (χ0v) is 15.1. The molecular weight excluding hydrogens is 348 g/mol. The average molecular weight is 372 g/mol. The topological polar surface area (TPSA) is 111 Å². The van der Waals surface area contributed by atoms with E-state index < -0.39 is 17.6 Å². The number of carbonyl (C=O) groups is 3. The van der Waals surface area contributed by atoms with Gasteiger partial charge in [-0.2, -0.15) is 0 Å². The minimum atomic E-state index is -0.730. The summed E-state index contributed by atoms with van der Waals surface area (Å²) in [5.74, 6) is -0.854. The molecule has 2 unspecified atom stereocenters. The molecule has 0 radical (unpaired) electrons. The fourth-order valence-electron chi connectivity index (χ4n) is 4.13.